The summed E-state index contributed by atoms with van der Waals surface area (Å²) in [7, 11) is 0. The molecule has 0 saturated carbocycles. The van der Waals surface area contributed by atoms with Gasteiger partial charge in [0.25, 0.3) is 0 Å². The van der Waals surface area contributed by atoms with Crippen molar-refractivity contribution in [3.05, 3.63) is 72.3 Å². The van der Waals surface area contributed by atoms with E-state index < -0.39 is 23.4 Å². The molecule has 2 amide bonds. The number of carbonyl (C=O) groups excluding carboxylic acids is 2. The molecule has 2 fully saturated rings. The van der Waals surface area contributed by atoms with Crippen LogP contribution < -0.4 is 18.9 Å². The van der Waals surface area contributed by atoms with Crippen molar-refractivity contribution in [3.8, 4) is 23.0 Å². The minimum atomic E-state index is -0.649. The van der Waals surface area contributed by atoms with Crippen molar-refractivity contribution >= 4 is 11.8 Å². The number of ether oxygens (including phenoxy) is 4. The summed E-state index contributed by atoms with van der Waals surface area (Å²) in [6.45, 7) is 10.2. The molecule has 0 aliphatic carbocycles. The maximum absolute atomic E-state index is 13.0. The zero-order valence-electron chi connectivity index (χ0n) is 27.4. The van der Waals surface area contributed by atoms with Crippen molar-refractivity contribution in [1.29, 1.82) is 0 Å². The van der Waals surface area contributed by atoms with Gasteiger partial charge in [0.2, 0.25) is 11.8 Å². The molecule has 2 aromatic carbocycles. The molecule has 10 heteroatoms. The number of hydrogen-bond donors (Lipinski definition) is 2. The first-order chi connectivity index (χ1) is 22.6. The van der Waals surface area contributed by atoms with Gasteiger partial charge >= 0.3 is 0 Å². The van der Waals surface area contributed by atoms with Gasteiger partial charge in [-0.05, 0) is 50.3 Å². The second-order valence-electron chi connectivity index (χ2n) is 13.3. The van der Waals surface area contributed by atoms with E-state index in [0.717, 1.165) is 11.1 Å². The molecule has 4 heterocycles. The number of amides is 2. The normalized spacial score (nSPS) is 23.3. The van der Waals surface area contributed by atoms with E-state index in [-0.39, 0.29) is 17.9 Å². The van der Waals surface area contributed by atoms with E-state index >= 15 is 0 Å². The Labute approximate surface area is 276 Å². The molecule has 6 rings (SSSR count). The van der Waals surface area contributed by atoms with Crippen LogP contribution in [-0.2, 0) is 9.59 Å². The SMILES string of the molecule is C=CC(=O)N1CCC2(CC1)CC(O)c1ccc(OC(C)CC=CC(=O)N3CCC4(CC3)CC(O)c3ccc(OCC)cc3O4)cc1O2. The van der Waals surface area contributed by atoms with Crippen LogP contribution in [0.4, 0.5) is 0 Å². The van der Waals surface area contributed by atoms with Gasteiger partial charge in [-0.15, -0.1) is 0 Å². The molecule has 2 spiro atoms. The average Bonchev–Trinajstić information content (AvgIpc) is 3.05. The average molecular weight is 647 g/mol. The van der Waals surface area contributed by atoms with Crippen LogP contribution in [0.25, 0.3) is 0 Å². The number of likely N-dealkylation sites (tertiary alicyclic amines) is 2. The van der Waals surface area contributed by atoms with Crippen LogP contribution in [0.15, 0.2) is 61.2 Å². The standard InChI is InChI=1S/C37H46N2O8/c1-4-34(42)38-17-13-36(14-18-38)24-31(41)29-12-10-27(22-33(29)47-36)45-25(3)7-6-8-35(43)39-19-15-37(16-20-39)23-30(40)28-11-9-26(44-5-2)21-32(28)46-37/h4,6,8-12,21-22,25,30-31,40-41H,1,5,7,13-20,23-24H2,2-3H3. The molecule has 2 aromatic rings. The number of benzene rings is 2. The van der Waals surface area contributed by atoms with Crippen molar-refractivity contribution in [2.75, 3.05) is 32.8 Å². The van der Waals surface area contributed by atoms with Crippen molar-refractivity contribution in [3.63, 3.8) is 0 Å². The highest BCUT2D eigenvalue weighted by Crippen LogP contribution is 2.47. The third kappa shape index (κ3) is 7.13. The monoisotopic (exact) mass is 646 g/mol. The predicted molar refractivity (Wildman–Crippen MR) is 176 cm³/mol. The Bertz CT molecular complexity index is 1510. The van der Waals surface area contributed by atoms with Crippen LogP contribution in [0.3, 0.4) is 0 Å². The number of fused-ring (bicyclic) bond motifs is 2. The lowest BCUT2D eigenvalue weighted by molar-refractivity contribution is -0.132. The third-order valence-corrected chi connectivity index (χ3v) is 10.00. The summed E-state index contributed by atoms with van der Waals surface area (Å²) < 4.78 is 24.7. The molecule has 0 aromatic heterocycles. The van der Waals surface area contributed by atoms with Gasteiger partial charge in [-0.1, -0.05) is 12.7 Å². The topological polar surface area (TPSA) is 118 Å². The predicted octanol–water partition coefficient (Wildman–Crippen LogP) is 5.04. The lowest BCUT2D eigenvalue weighted by Crippen LogP contribution is -2.51. The van der Waals surface area contributed by atoms with Crippen molar-refractivity contribution in [1.82, 2.24) is 9.80 Å². The van der Waals surface area contributed by atoms with Crippen LogP contribution in [-0.4, -0.2) is 81.9 Å². The van der Waals surface area contributed by atoms with Gasteiger partial charge in [0.1, 0.15) is 34.2 Å². The number of nitrogens with zero attached hydrogens (tertiary/aromatic N) is 2. The number of carbonyl (C=O) groups is 2. The minimum Gasteiger partial charge on any atom is -0.494 e. The van der Waals surface area contributed by atoms with Crippen molar-refractivity contribution in [2.24, 2.45) is 0 Å². The quantitative estimate of drug-likeness (QED) is 0.383. The molecule has 3 atom stereocenters. The fraction of sp³-hybridized carbons (Fsp3) is 0.514. The Morgan fingerprint density at radius 1 is 0.894 bits per heavy atom. The zero-order chi connectivity index (χ0) is 33.2. The van der Waals surface area contributed by atoms with Gasteiger partial charge < -0.3 is 39.0 Å². The number of rotatable bonds is 8. The van der Waals surface area contributed by atoms with Gasteiger partial charge in [0.15, 0.2) is 0 Å². The Morgan fingerprint density at radius 3 is 1.94 bits per heavy atom. The number of piperidine rings is 2. The summed E-state index contributed by atoms with van der Waals surface area (Å²) in [6, 6.07) is 11.1. The van der Waals surface area contributed by atoms with Gasteiger partial charge in [-0.25, -0.2) is 0 Å². The Balaban J connectivity index is 0.992. The van der Waals surface area contributed by atoms with E-state index in [1.165, 1.54) is 6.08 Å². The molecule has 2 saturated heterocycles. The molecular weight excluding hydrogens is 600 g/mol. The number of hydrogen-bond acceptors (Lipinski definition) is 8. The molecule has 4 aliphatic heterocycles. The summed E-state index contributed by atoms with van der Waals surface area (Å²) in [5, 5.41) is 21.8. The summed E-state index contributed by atoms with van der Waals surface area (Å²) in [6.07, 6.45) is 7.42. The van der Waals surface area contributed by atoms with Crippen LogP contribution >= 0.6 is 0 Å². The molecule has 0 radical (unpaired) electrons. The smallest absolute Gasteiger partial charge is 0.246 e. The molecule has 252 valence electrons. The summed E-state index contributed by atoms with van der Waals surface area (Å²) >= 11 is 0. The lowest BCUT2D eigenvalue weighted by atomic mass is 9.81. The van der Waals surface area contributed by atoms with Crippen molar-refractivity contribution < 1.29 is 38.7 Å². The number of aliphatic hydroxyl groups is 2. The maximum Gasteiger partial charge on any atom is 0.246 e. The van der Waals surface area contributed by atoms with E-state index in [2.05, 4.69) is 6.58 Å². The molecule has 10 nitrogen and oxygen atoms in total. The highest BCUT2D eigenvalue weighted by molar-refractivity contribution is 5.87. The molecular formula is C37H46N2O8. The second-order valence-corrected chi connectivity index (χ2v) is 13.3. The fourth-order valence-electron chi connectivity index (χ4n) is 7.32. The van der Waals surface area contributed by atoms with Crippen LogP contribution in [0.2, 0.25) is 0 Å². The molecule has 2 N–H and O–H groups in total. The van der Waals surface area contributed by atoms with Crippen LogP contribution in [0.1, 0.15) is 82.1 Å². The second kappa shape index (κ2) is 13.6. The van der Waals surface area contributed by atoms with E-state index in [1.54, 1.807) is 11.0 Å². The van der Waals surface area contributed by atoms with E-state index in [1.807, 2.05) is 61.2 Å². The highest BCUT2D eigenvalue weighted by Gasteiger charge is 2.45. The summed E-state index contributed by atoms with van der Waals surface area (Å²) in [5.74, 6) is 2.48. The summed E-state index contributed by atoms with van der Waals surface area (Å²) in [5.41, 5.74) is 0.490. The minimum absolute atomic E-state index is 0.0512. The Hall–Kier alpha value is -4.02. The van der Waals surface area contributed by atoms with E-state index in [4.69, 9.17) is 18.9 Å². The maximum atomic E-state index is 13.0. The van der Waals surface area contributed by atoms with E-state index in [9.17, 15) is 19.8 Å². The van der Waals surface area contributed by atoms with Crippen molar-refractivity contribution in [2.45, 2.75) is 88.3 Å². The molecule has 47 heavy (non-hydrogen) atoms. The third-order valence-electron chi connectivity index (χ3n) is 10.00. The zero-order valence-corrected chi connectivity index (χ0v) is 27.4. The van der Waals surface area contributed by atoms with Crippen LogP contribution in [0.5, 0.6) is 23.0 Å². The van der Waals surface area contributed by atoms with Crippen LogP contribution in [0, 0.1) is 0 Å². The highest BCUT2D eigenvalue weighted by atomic mass is 16.5. The fourth-order valence-corrected chi connectivity index (χ4v) is 7.32. The molecule has 4 aliphatic rings. The van der Waals surface area contributed by atoms with Gasteiger partial charge in [0.05, 0.1) is 24.9 Å². The Kier molecular flexibility index (Phi) is 9.53. The first-order valence-electron chi connectivity index (χ1n) is 16.8. The largest absolute Gasteiger partial charge is 0.494 e. The first-order valence-corrected chi connectivity index (χ1v) is 16.8. The Morgan fingerprint density at radius 2 is 1.40 bits per heavy atom. The lowest BCUT2D eigenvalue weighted by Gasteiger charge is -2.45. The first kappa shape index (κ1) is 32.9. The van der Waals surface area contributed by atoms with Gasteiger partial charge in [-0.3, -0.25) is 9.59 Å². The molecule has 0 bridgehead atoms. The van der Waals surface area contributed by atoms with E-state index in [0.29, 0.717) is 101 Å². The summed E-state index contributed by atoms with van der Waals surface area (Å²) in [4.78, 5) is 28.6. The molecule has 3 unspecified atom stereocenters. The van der Waals surface area contributed by atoms with Gasteiger partial charge in [-0.2, -0.15) is 0 Å². The van der Waals surface area contributed by atoms with Gasteiger partial charge in [0, 0.05) is 94.4 Å². The number of aliphatic hydroxyl groups excluding tert-OH is 2.